The second kappa shape index (κ2) is 4.24. The van der Waals surface area contributed by atoms with E-state index in [9.17, 15) is 13.2 Å². The van der Waals surface area contributed by atoms with Gasteiger partial charge in [-0.1, -0.05) is 6.92 Å². The second-order valence-electron chi connectivity index (χ2n) is 4.73. The van der Waals surface area contributed by atoms with Crippen molar-refractivity contribution < 1.29 is 17.9 Å². The van der Waals surface area contributed by atoms with Gasteiger partial charge in [0.05, 0.1) is 11.3 Å². The number of ether oxygens (including phenoxy) is 1. The van der Waals surface area contributed by atoms with Crippen molar-refractivity contribution in [2.24, 2.45) is 5.10 Å². The van der Waals surface area contributed by atoms with Crippen LogP contribution in [0.5, 0.6) is 0 Å². The fourth-order valence-corrected chi connectivity index (χ4v) is 1.36. The van der Waals surface area contributed by atoms with Gasteiger partial charge >= 0.3 is 6.18 Å². The minimum Gasteiger partial charge on any atom is -0.341 e. The largest absolute Gasteiger partial charge is 0.420 e. The van der Waals surface area contributed by atoms with Gasteiger partial charge in [-0.25, -0.2) is 0 Å². The van der Waals surface area contributed by atoms with Gasteiger partial charge < -0.3 is 4.74 Å². The van der Waals surface area contributed by atoms with E-state index in [-0.39, 0.29) is 24.4 Å². The summed E-state index contributed by atoms with van der Waals surface area (Å²) in [4.78, 5) is 0. The Hall–Kier alpha value is -0.780. The molecule has 94 valence electrons. The number of hydrogen-bond donors (Lipinski definition) is 0. The molecule has 0 aromatic heterocycles. The Labute approximate surface area is 93.3 Å². The van der Waals surface area contributed by atoms with E-state index in [1.807, 2.05) is 20.8 Å². The Bertz CT molecular complexity index is 281. The Balaban J connectivity index is 2.92. The van der Waals surface area contributed by atoms with Gasteiger partial charge in [0.2, 0.25) is 0 Å². The van der Waals surface area contributed by atoms with E-state index in [1.54, 1.807) is 6.92 Å². The molecule has 0 aromatic rings. The first-order valence-electron chi connectivity index (χ1n) is 5.19. The quantitative estimate of drug-likeness (QED) is 0.701. The fraction of sp³-hybridized carbons (Fsp3) is 0.900. The highest BCUT2D eigenvalue weighted by atomic mass is 19.4. The molecule has 1 unspecified atom stereocenters. The zero-order valence-corrected chi connectivity index (χ0v) is 9.93. The Morgan fingerprint density at radius 2 is 1.94 bits per heavy atom. The molecule has 0 saturated carbocycles. The van der Waals surface area contributed by atoms with Crippen LogP contribution in [0, 0.1) is 0 Å². The van der Waals surface area contributed by atoms with E-state index in [0.29, 0.717) is 0 Å². The molecule has 0 N–H and O–H groups in total. The normalized spacial score (nSPS) is 23.3. The molecule has 1 rings (SSSR count). The van der Waals surface area contributed by atoms with Crippen LogP contribution in [0.4, 0.5) is 13.2 Å². The lowest BCUT2D eigenvalue weighted by Crippen LogP contribution is -2.50. The van der Waals surface area contributed by atoms with Crippen LogP contribution in [0.25, 0.3) is 0 Å². The maximum atomic E-state index is 12.6. The van der Waals surface area contributed by atoms with Crippen molar-refractivity contribution >= 4 is 5.71 Å². The van der Waals surface area contributed by atoms with Crippen molar-refractivity contribution in [2.75, 3.05) is 6.73 Å². The van der Waals surface area contributed by atoms with E-state index < -0.39 is 12.3 Å². The maximum absolute atomic E-state index is 12.6. The summed E-state index contributed by atoms with van der Waals surface area (Å²) in [6.45, 7) is 7.15. The zero-order valence-electron chi connectivity index (χ0n) is 9.93. The number of alkyl halides is 3. The van der Waals surface area contributed by atoms with Gasteiger partial charge in [0.25, 0.3) is 0 Å². The lowest BCUT2D eigenvalue weighted by molar-refractivity contribution is -0.217. The van der Waals surface area contributed by atoms with Gasteiger partial charge in [-0.3, -0.25) is 5.01 Å². The van der Waals surface area contributed by atoms with Crippen molar-refractivity contribution in [1.29, 1.82) is 0 Å². The third-order valence-corrected chi connectivity index (χ3v) is 2.35. The Morgan fingerprint density at radius 3 is 2.31 bits per heavy atom. The first kappa shape index (κ1) is 13.3. The topological polar surface area (TPSA) is 24.8 Å². The van der Waals surface area contributed by atoms with Gasteiger partial charge in [0.1, 0.15) is 6.73 Å². The smallest absolute Gasteiger partial charge is 0.341 e. The third-order valence-electron chi connectivity index (χ3n) is 2.35. The summed E-state index contributed by atoms with van der Waals surface area (Å²) in [6, 6.07) is 0. The molecule has 0 spiro atoms. The standard InChI is InChI=1S/C10H17F3N2O/c1-5-7-8(10(11,12)13)16-6-15(14-7)9(2,3)4/h8H,5-6H2,1-4H3. The number of hydrazone groups is 1. The highest BCUT2D eigenvalue weighted by Crippen LogP contribution is 2.29. The van der Waals surface area contributed by atoms with Gasteiger partial charge in [0.15, 0.2) is 6.10 Å². The summed E-state index contributed by atoms with van der Waals surface area (Å²) in [5.41, 5.74) is -0.301. The molecular formula is C10H17F3N2O. The summed E-state index contributed by atoms with van der Waals surface area (Å²) in [5, 5.41) is 5.56. The van der Waals surface area contributed by atoms with Crippen LogP contribution in [0.15, 0.2) is 5.10 Å². The average Bonchev–Trinajstić information content (AvgIpc) is 2.14. The SMILES string of the molecule is CCC1=NN(C(C)(C)C)COC1C(F)(F)F. The van der Waals surface area contributed by atoms with Crippen LogP contribution in [0.1, 0.15) is 34.1 Å². The zero-order chi connectivity index (χ0) is 12.6. The Morgan fingerprint density at radius 1 is 1.38 bits per heavy atom. The molecule has 1 heterocycles. The molecule has 0 aliphatic carbocycles. The highest BCUT2D eigenvalue weighted by Gasteiger charge is 2.46. The first-order chi connectivity index (χ1) is 7.16. The van der Waals surface area contributed by atoms with Gasteiger partial charge in [-0.2, -0.15) is 18.3 Å². The lowest BCUT2D eigenvalue weighted by Gasteiger charge is -2.39. The van der Waals surface area contributed by atoms with Gasteiger partial charge in [0, 0.05) is 0 Å². The first-order valence-corrected chi connectivity index (χ1v) is 5.19. The Kier molecular flexibility index (Phi) is 3.52. The van der Waals surface area contributed by atoms with Gasteiger partial charge in [-0.15, -0.1) is 0 Å². The van der Waals surface area contributed by atoms with Crippen LogP contribution in [0.3, 0.4) is 0 Å². The highest BCUT2D eigenvalue weighted by molar-refractivity contribution is 5.89. The summed E-state index contributed by atoms with van der Waals surface area (Å²) >= 11 is 0. The summed E-state index contributed by atoms with van der Waals surface area (Å²) in [6.07, 6.45) is -5.99. The monoisotopic (exact) mass is 238 g/mol. The van der Waals surface area contributed by atoms with E-state index in [1.165, 1.54) is 5.01 Å². The van der Waals surface area contributed by atoms with Crippen molar-refractivity contribution in [3.63, 3.8) is 0 Å². The van der Waals surface area contributed by atoms with E-state index in [4.69, 9.17) is 4.74 Å². The number of hydrogen-bond acceptors (Lipinski definition) is 3. The van der Waals surface area contributed by atoms with E-state index in [0.717, 1.165) is 0 Å². The molecule has 0 amide bonds. The summed E-state index contributed by atoms with van der Waals surface area (Å²) < 4.78 is 42.6. The molecule has 1 atom stereocenters. The van der Waals surface area contributed by atoms with Crippen molar-refractivity contribution in [3.8, 4) is 0 Å². The van der Waals surface area contributed by atoms with Crippen LogP contribution >= 0.6 is 0 Å². The lowest BCUT2D eigenvalue weighted by atomic mass is 10.1. The van der Waals surface area contributed by atoms with Crippen LogP contribution < -0.4 is 0 Å². The number of nitrogens with zero attached hydrogens (tertiary/aromatic N) is 2. The molecule has 3 nitrogen and oxygen atoms in total. The predicted octanol–water partition coefficient (Wildman–Crippen LogP) is 2.77. The third kappa shape index (κ3) is 2.87. The van der Waals surface area contributed by atoms with Crippen LogP contribution in [-0.4, -0.2) is 35.3 Å². The molecule has 1 aliphatic rings. The molecule has 6 heteroatoms. The molecule has 0 aromatic carbocycles. The molecule has 1 aliphatic heterocycles. The van der Waals surface area contributed by atoms with Crippen molar-refractivity contribution in [2.45, 2.75) is 51.9 Å². The van der Waals surface area contributed by atoms with Crippen LogP contribution in [-0.2, 0) is 4.74 Å². The molecule has 16 heavy (non-hydrogen) atoms. The number of halogens is 3. The van der Waals surface area contributed by atoms with E-state index in [2.05, 4.69) is 5.10 Å². The molecular weight excluding hydrogens is 221 g/mol. The average molecular weight is 238 g/mol. The predicted molar refractivity (Wildman–Crippen MR) is 55.1 cm³/mol. The van der Waals surface area contributed by atoms with Crippen LogP contribution in [0.2, 0.25) is 0 Å². The van der Waals surface area contributed by atoms with Crippen molar-refractivity contribution in [1.82, 2.24) is 5.01 Å². The maximum Gasteiger partial charge on any atom is 0.420 e. The molecule has 0 fully saturated rings. The molecule has 0 saturated heterocycles. The molecule has 0 radical (unpaired) electrons. The molecule has 0 bridgehead atoms. The minimum absolute atomic E-state index is 0.0358. The van der Waals surface area contributed by atoms with E-state index >= 15 is 0 Å². The minimum atomic E-state index is -4.38. The summed E-state index contributed by atoms with van der Waals surface area (Å²) in [5.74, 6) is 0. The number of rotatable bonds is 1. The second-order valence-corrected chi connectivity index (χ2v) is 4.73. The summed E-state index contributed by atoms with van der Waals surface area (Å²) in [7, 11) is 0. The fourth-order valence-electron chi connectivity index (χ4n) is 1.36. The van der Waals surface area contributed by atoms with Gasteiger partial charge in [-0.05, 0) is 27.2 Å². The van der Waals surface area contributed by atoms with Crippen molar-refractivity contribution in [3.05, 3.63) is 0 Å².